The molecule has 0 saturated heterocycles. The topological polar surface area (TPSA) is 83.6 Å². The van der Waals surface area contributed by atoms with Crippen LogP contribution in [0.4, 0.5) is 5.00 Å². The molecule has 0 bridgehead atoms. The van der Waals surface area contributed by atoms with Crippen LogP contribution < -0.4 is 5.32 Å². The molecule has 202 valence electrons. The van der Waals surface area contributed by atoms with Crippen LogP contribution in [0.1, 0.15) is 53.6 Å². The number of nitrogens with zero attached hydrogens (tertiary/aromatic N) is 4. The van der Waals surface area contributed by atoms with Crippen molar-refractivity contribution in [3.05, 3.63) is 56.1 Å². The van der Waals surface area contributed by atoms with E-state index in [4.69, 9.17) is 0 Å². The third-order valence-corrected chi connectivity index (χ3v) is 10.7. The molecule has 39 heavy (non-hydrogen) atoms. The maximum absolute atomic E-state index is 13.0. The zero-order valence-electron chi connectivity index (χ0n) is 23.2. The zero-order valence-corrected chi connectivity index (χ0v) is 25.7. The van der Waals surface area contributed by atoms with Crippen LogP contribution in [0.2, 0.25) is 0 Å². The Hall–Kier alpha value is -2.93. The summed E-state index contributed by atoms with van der Waals surface area (Å²) in [4.78, 5) is 15.4. The molecule has 4 aromatic rings. The Kier molecular flexibility index (Phi) is 7.73. The van der Waals surface area contributed by atoms with Crippen molar-refractivity contribution in [2.45, 2.75) is 59.0 Å². The number of benzene rings is 1. The average Bonchev–Trinajstić information content (AvgIpc) is 3.56. The summed E-state index contributed by atoms with van der Waals surface area (Å²) < 4.78 is 1.95. The van der Waals surface area contributed by atoms with Gasteiger partial charge in [0.25, 0.3) is 0 Å². The number of aromatic nitrogens is 3. The predicted octanol–water partition coefficient (Wildman–Crippen LogP) is 7.64. The molecule has 1 aliphatic carbocycles. The summed E-state index contributed by atoms with van der Waals surface area (Å²) in [6.45, 7) is 11.1. The Bertz CT molecular complexity index is 1560. The van der Waals surface area contributed by atoms with E-state index in [2.05, 4.69) is 85.8 Å². The fraction of sp³-hybridized carbons (Fsp3) is 0.400. The molecule has 0 saturated carbocycles. The van der Waals surface area contributed by atoms with Crippen molar-refractivity contribution in [2.24, 2.45) is 18.4 Å². The molecule has 5 rings (SSSR count). The fourth-order valence-corrected chi connectivity index (χ4v) is 8.07. The average molecular weight is 576 g/mol. The standard InChI is InChI=1S/C30H33N5OS3/c1-17-7-9-19(10-8-17)26-18(2)37-15-23(26)27-33-34-29(35(27)6)38-16-25(36)32-28-22(14-31)21-12-11-20(30(3,4)5)13-24(21)39-28/h7-10,15,20H,11-13,16H2,1-6H3,(H,32,36). The van der Waals surface area contributed by atoms with E-state index in [0.29, 0.717) is 21.6 Å². The van der Waals surface area contributed by atoms with Gasteiger partial charge in [0.1, 0.15) is 11.1 Å². The van der Waals surface area contributed by atoms with Gasteiger partial charge in [0.05, 0.1) is 11.3 Å². The monoisotopic (exact) mass is 575 g/mol. The first-order valence-corrected chi connectivity index (χ1v) is 15.8. The second kappa shape index (κ2) is 10.9. The Morgan fingerprint density at radius 1 is 1.23 bits per heavy atom. The first kappa shape index (κ1) is 27.6. The first-order chi connectivity index (χ1) is 18.6. The molecule has 1 aliphatic rings. The van der Waals surface area contributed by atoms with Crippen LogP contribution in [-0.2, 0) is 24.7 Å². The summed E-state index contributed by atoms with van der Waals surface area (Å²) in [5.41, 5.74) is 6.59. The summed E-state index contributed by atoms with van der Waals surface area (Å²) in [5, 5.41) is 25.2. The predicted molar refractivity (Wildman–Crippen MR) is 163 cm³/mol. The van der Waals surface area contributed by atoms with E-state index in [1.807, 2.05) is 11.6 Å². The summed E-state index contributed by atoms with van der Waals surface area (Å²) in [6.07, 6.45) is 2.95. The molecule has 3 aromatic heterocycles. The molecule has 1 N–H and O–H groups in total. The molecule has 0 radical (unpaired) electrons. The van der Waals surface area contributed by atoms with Gasteiger partial charge in [-0.05, 0) is 55.6 Å². The number of anilines is 1. The maximum Gasteiger partial charge on any atom is 0.235 e. The summed E-state index contributed by atoms with van der Waals surface area (Å²) in [7, 11) is 1.94. The summed E-state index contributed by atoms with van der Waals surface area (Å²) in [6, 6.07) is 10.9. The first-order valence-electron chi connectivity index (χ1n) is 13.1. The second-order valence-corrected chi connectivity index (χ2v) is 14.4. The Balaban J connectivity index is 1.29. The Morgan fingerprint density at radius 3 is 2.67 bits per heavy atom. The van der Waals surface area contributed by atoms with Crippen molar-refractivity contribution >= 4 is 45.3 Å². The minimum atomic E-state index is -0.140. The molecular formula is C30H33N5OS3. The molecule has 1 amide bonds. The SMILES string of the molecule is Cc1ccc(-c2c(-c3nnc(SCC(=O)Nc4sc5c(c4C#N)CCC(C(C)(C)C)C5)n3C)csc2C)cc1. The van der Waals surface area contributed by atoms with Crippen molar-refractivity contribution in [1.29, 1.82) is 5.26 Å². The van der Waals surface area contributed by atoms with E-state index in [1.54, 1.807) is 22.7 Å². The van der Waals surface area contributed by atoms with E-state index in [1.165, 1.54) is 32.6 Å². The van der Waals surface area contributed by atoms with Crippen LogP contribution in [0.25, 0.3) is 22.5 Å². The number of fused-ring (bicyclic) bond motifs is 1. The lowest BCUT2D eigenvalue weighted by Gasteiger charge is -2.33. The smallest absolute Gasteiger partial charge is 0.235 e. The highest BCUT2D eigenvalue weighted by atomic mass is 32.2. The molecule has 6 nitrogen and oxygen atoms in total. The van der Waals surface area contributed by atoms with Crippen LogP contribution in [0.15, 0.2) is 34.8 Å². The second-order valence-electron chi connectivity index (χ2n) is 11.3. The van der Waals surface area contributed by atoms with Crippen LogP contribution in [-0.4, -0.2) is 26.4 Å². The highest BCUT2D eigenvalue weighted by Crippen LogP contribution is 2.44. The molecule has 3 heterocycles. The third-order valence-electron chi connectivity index (χ3n) is 7.58. The Labute approximate surface area is 242 Å². The van der Waals surface area contributed by atoms with Gasteiger partial charge in [-0.1, -0.05) is 62.4 Å². The van der Waals surface area contributed by atoms with Crippen molar-refractivity contribution in [1.82, 2.24) is 14.8 Å². The van der Waals surface area contributed by atoms with Gasteiger partial charge in [-0.2, -0.15) is 5.26 Å². The fourth-order valence-electron chi connectivity index (χ4n) is 5.20. The van der Waals surface area contributed by atoms with Crippen molar-refractivity contribution in [3.8, 4) is 28.6 Å². The van der Waals surface area contributed by atoms with E-state index in [9.17, 15) is 10.1 Å². The number of thiophene rings is 2. The van der Waals surface area contributed by atoms with Gasteiger partial charge in [-0.25, -0.2) is 0 Å². The minimum absolute atomic E-state index is 0.140. The van der Waals surface area contributed by atoms with Gasteiger partial charge >= 0.3 is 0 Å². The summed E-state index contributed by atoms with van der Waals surface area (Å²) >= 11 is 4.62. The van der Waals surface area contributed by atoms with Gasteiger partial charge < -0.3 is 9.88 Å². The van der Waals surface area contributed by atoms with Crippen molar-refractivity contribution < 1.29 is 4.79 Å². The van der Waals surface area contributed by atoms with Crippen molar-refractivity contribution in [3.63, 3.8) is 0 Å². The molecule has 9 heteroatoms. The normalized spacial score (nSPS) is 15.2. The number of carbonyl (C=O) groups excluding carboxylic acids is 1. The lowest BCUT2D eigenvalue weighted by atomic mass is 9.72. The lowest BCUT2D eigenvalue weighted by Crippen LogP contribution is -2.26. The number of hydrogen-bond donors (Lipinski definition) is 1. The minimum Gasteiger partial charge on any atom is -0.316 e. The molecular weight excluding hydrogens is 543 g/mol. The van der Waals surface area contributed by atoms with Gasteiger partial charge in [-0.3, -0.25) is 4.79 Å². The highest BCUT2D eigenvalue weighted by Gasteiger charge is 2.32. The number of aryl methyl sites for hydroxylation is 2. The quantitative estimate of drug-likeness (QED) is 0.239. The van der Waals surface area contributed by atoms with E-state index >= 15 is 0 Å². The van der Waals surface area contributed by atoms with Crippen LogP contribution in [0.3, 0.4) is 0 Å². The largest absolute Gasteiger partial charge is 0.316 e. The molecule has 0 aliphatic heterocycles. The number of rotatable bonds is 6. The number of carbonyl (C=O) groups is 1. The zero-order chi connectivity index (χ0) is 27.9. The molecule has 1 aromatic carbocycles. The molecule has 1 unspecified atom stereocenters. The summed E-state index contributed by atoms with van der Waals surface area (Å²) in [5.74, 6) is 1.41. The number of thioether (sulfide) groups is 1. The molecule has 0 spiro atoms. The molecule has 1 atom stereocenters. The van der Waals surface area contributed by atoms with Crippen LogP contribution >= 0.6 is 34.4 Å². The highest BCUT2D eigenvalue weighted by molar-refractivity contribution is 7.99. The number of amides is 1. The van der Waals surface area contributed by atoms with Gasteiger partial charge in [0.2, 0.25) is 5.91 Å². The Morgan fingerprint density at radius 2 is 1.97 bits per heavy atom. The maximum atomic E-state index is 13.0. The van der Waals surface area contributed by atoms with Gasteiger partial charge in [-0.15, -0.1) is 32.9 Å². The lowest BCUT2D eigenvalue weighted by molar-refractivity contribution is -0.113. The third kappa shape index (κ3) is 5.56. The number of nitrogens with one attached hydrogen (secondary N) is 1. The number of hydrogen-bond acceptors (Lipinski definition) is 7. The van der Waals surface area contributed by atoms with E-state index in [-0.39, 0.29) is 17.1 Å². The number of nitriles is 1. The van der Waals surface area contributed by atoms with Crippen LogP contribution in [0, 0.1) is 36.5 Å². The van der Waals surface area contributed by atoms with Crippen LogP contribution in [0.5, 0.6) is 0 Å². The van der Waals surface area contributed by atoms with Gasteiger partial charge in [0, 0.05) is 33.3 Å². The van der Waals surface area contributed by atoms with Gasteiger partial charge in [0.15, 0.2) is 11.0 Å². The van der Waals surface area contributed by atoms with E-state index in [0.717, 1.165) is 41.8 Å². The van der Waals surface area contributed by atoms with E-state index < -0.39 is 0 Å². The molecule has 0 fully saturated rings. The van der Waals surface area contributed by atoms with Crippen molar-refractivity contribution in [2.75, 3.05) is 11.1 Å².